The molecule has 0 aliphatic rings. The Balaban J connectivity index is 2.45. The van der Waals surface area contributed by atoms with Gasteiger partial charge >= 0.3 is 0 Å². The van der Waals surface area contributed by atoms with E-state index in [0.717, 1.165) is 28.9 Å². The highest BCUT2D eigenvalue weighted by atomic mass is 79.9. The third-order valence-corrected chi connectivity index (χ3v) is 2.79. The van der Waals surface area contributed by atoms with E-state index in [1.54, 1.807) is 0 Å². The van der Waals surface area contributed by atoms with Crippen LogP contribution >= 0.6 is 15.9 Å². The Morgan fingerprint density at radius 2 is 2.36 bits per heavy atom. The van der Waals surface area contributed by atoms with Crippen LogP contribution < -0.4 is 5.32 Å². The zero-order chi connectivity index (χ0) is 9.97. The lowest BCUT2D eigenvalue weighted by atomic mass is 10.4. The number of aromatic nitrogens is 2. The highest BCUT2D eigenvalue weighted by Crippen LogP contribution is 2.15. The Hall–Kier alpha value is -0.870. The lowest BCUT2D eigenvalue weighted by Gasteiger charge is -2.02. The fourth-order valence-electron chi connectivity index (χ4n) is 1.48. The van der Waals surface area contributed by atoms with Crippen LogP contribution in [0.4, 0.5) is 0 Å². The fraction of sp³-hybridized carbons (Fsp3) is 0.300. The monoisotopic (exact) mass is 253 g/mol. The van der Waals surface area contributed by atoms with Gasteiger partial charge in [-0.05, 0) is 35.1 Å². The Morgan fingerprint density at radius 1 is 1.50 bits per heavy atom. The SMILES string of the molecule is CNCCc1ncc2cccc(Br)n12. The minimum absolute atomic E-state index is 0.938. The van der Waals surface area contributed by atoms with E-state index in [2.05, 4.69) is 36.7 Å². The first-order valence-corrected chi connectivity index (χ1v) is 5.37. The predicted octanol–water partition coefficient (Wildman–Crippen LogP) is 1.86. The largest absolute Gasteiger partial charge is 0.319 e. The standard InChI is InChI=1S/C10H12BrN3/c1-12-6-5-10-13-7-8-3-2-4-9(11)14(8)10/h2-4,7,12H,5-6H2,1H3. The van der Waals surface area contributed by atoms with Gasteiger partial charge in [-0.3, -0.25) is 4.40 Å². The van der Waals surface area contributed by atoms with Gasteiger partial charge in [-0.2, -0.15) is 0 Å². The van der Waals surface area contributed by atoms with Crippen LogP contribution in [0.25, 0.3) is 5.52 Å². The molecule has 0 bridgehead atoms. The summed E-state index contributed by atoms with van der Waals surface area (Å²) in [6.07, 6.45) is 2.84. The van der Waals surface area contributed by atoms with Gasteiger partial charge in [-0.1, -0.05) is 6.07 Å². The van der Waals surface area contributed by atoms with Gasteiger partial charge in [0.25, 0.3) is 0 Å². The van der Waals surface area contributed by atoms with Crippen LogP contribution in [0.2, 0.25) is 0 Å². The number of pyridine rings is 1. The lowest BCUT2D eigenvalue weighted by molar-refractivity contribution is 0.751. The molecule has 0 unspecified atom stereocenters. The number of fused-ring (bicyclic) bond motifs is 1. The molecule has 0 amide bonds. The molecule has 0 radical (unpaired) electrons. The van der Waals surface area contributed by atoms with Crippen molar-refractivity contribution in [3.05, 3.63) is 34.8 Å². The van der Waals surface area contributed by atoms with Crippen molar-refractivity contribution in [3.63, 3.8) is 0 Å². The third-order valence-electron chi connectivity index (χ3n) is 2.18. The molecule has 0 spiro atoms. The zero-order valence-corrected chi connectivity index (χ0v) is 9.58. The molecule has 2 heterocycles. The van der Waals surface area contributed by atoms with Crippen molar-refractivity contribution in [2.45, 2.75) is 6.42 Å². The number of nitrogens with zero attached hydrogens (tertiary/aromatic N) is 2. The van der Waals surface area contributed by atoms with Gasteiger partial charge in [0.2, 0.25) is 0 Å². The molecule has 0 atom stereocenters. The van der Waals surface area contributed by atoms with Crippen molar-refractivity contribution < 1.29 is 0 Å². The molecule has 0 fully saturated rings. The number of imidazole rings is 1. The van der Waals surface area contributed by atoms with Gasteiger partial charge in [-0.15, -0.1) is 0 Å². The van der Waals surface area contributed by atoms with Gasteiger partial charge < -0.3 is 5.32 Å². The van der Waals surface area contributed by atoms with Crippen LogP contribution in [-0.4, -0.2) is 23.0 Å². The smallest absolute Gasteiger partial charge is 0.115 e. The van der Waals surface area contributed by atoms with Crippen molar-refractivity contribution >= 4 is 21.4 Å². The van der Waals surface area contributed by atoms with Crippen LogP contribution in [0, 0.1) is 0 Å². The summed E-state index contributed by atoms with van der Waals surface area (Å²) in [4.78, 5) is 4.39. The van der Waals surface area contributed by atoms with E-state index in [0.29, 0.717) is 0 Å². The van der Waals surface area contributed by atoms with Crippen LogP contribution in [-0.2, 0) is 6.42 Å². The van der Waals surface area contributed by atoms with E-state index in [-0.39, 0.29) is 0 Å². The molecule has 0 saturated heterocycles. The van der Waals surface area contributed by atoms with Crippen LogP contribution in [0.5, 0.6) is 0 Å². The molecule has 2 aromatic rings. The highest BCUT2D eigenvalue weighted by molar-refractivity contribution is 9.10. The Bertz CT molecular complexity index is 436. The minimum atomic E-state index is 0.938. The molecule has 0 aliphatic carbocycles. The maximum absolute atomic E-state index is 4.39. The molecule has 2 aromatic heterocycles. The van der Waals surface area contributed by atoms with Crippen molar-refractivity contribution in [2.75, 3.05) is 13.6 Å². The summed E-state index contributed by atoms with van der Waals surface area (Å²) in [6.45, 7) is 0.945. The molecule has 3 nitrogen and oxygen atoms in total. The molecule has 0 aliphatic heterocycles. The normalized spacial score (nSPS) is 11.0. The van der Waals surface area contributed by atoms with Crippen molar-refractivity contribution in [3.8, 4) is 0 Å². The summed E-state index contributed by atoms with van der Waals surface area (Å²) < 4.78 is 3.18. The first kappa shape index (κ1) is 9.68. The number of nitrogens with one attached hydrogen (secondary N) is 1. The number of hydrogen-bond acceptors (Lipinski definition) is 2. The fourth-order valence-corrected chi connectivity index (χ4v) is 2.05. The summed E-state index contributed by atoms with van der Waals surface area (Å²) in [5.41, 5.74) is 1.13. The first-order chi connectivity index (χ1) is 6.83. The molecule has 0 aromatic carbocycles. The third kappa shape index (κ3) is 1.67. The van der Waals surface area contributed by atoms with Crippen molar-refractivity contribution in [2.24, 2.45) is 0 Å². The maximum Gasteiger partial charge on any atom is 0.115 e. The van der Waals surface area contributed by atoms with E-state index >= 15 is 0 Å². The summed E-state index contributed by atoms with van der Waals surface area (Å²) in [5, 5.41) is 3.12. The Morgan fingerprint density at radius 3 is 3.14 bits per heavy atom. The van der Waals surface area contributed by atoms with Gasteiger partial charge in [0.1, 0.15) is 5.82 Å². The second-order valence-electron chi connectivity index (χ2n) is 3.14. The Labute approximate surface area is 91.3 Å². The summed E-state index contributed by atoms with van der Waals surface area (Å²) in [5.74, 6) is 1.09. The first-order valence-electron chi connectivity index (χ1n) is 4.58. The average Bonchev–Trinajstić information content (AvgIpc) is 2.59. The summed E-state index contributed by atoms with van der Waals surface area (Å²) in [6, 6.07) is 6.10. The van der Waals surface area contributed by atoms with Crippen molar-refractivity contribution in [1.82, 2.24) is 14.7 Å². The molecule has 14 heavy (non-hydrogen) atoms. The van der Waals surface area contributed by atoms with Gasteiger partial charge in [0.05, 0.1) is 16.3 Å². The summed E-state index contributed by atoms with van der Waals surface area (Å²) >= 11 is 3.52. The number of halogens is 1. The average molecular weight is 254 g/mol. The molecular weight excluding hydrogens is 242 g/mol. The summed E-state index contributed by atoms with van der Waals surface area (Å²) in [7, 11) is 1.95. The maximum atomic E-state index is 4.39. The predicted molar refractivity (Wildman–Crippen MR) is 60.5 cm³/mol. The highest BCUT2D eigenvalue weighted by Gasteiger charge is 2.04. The molecule has 74 valence electrons. The molecule has 2 rings (SSSR count). The van der Waals surface area contributed by atoms with Gasteiger partial charge in [0.15, 0.2) is 0 Å². The van der Waals surface area contributed by atoms with E-state index in [1.807, 2.05) is 25.4 Å². The number of likely N-dealkylation sites (N-methyl/N-ethyl adjacent to an activating group) is 1. The van der Waals surface area contributed by atoms with Gasteiger partial charge in [0, 0.05) is 13.0 Å². The van der Waals surface area contributed by atoms with Crippen molar-refractivity contribution in [1.29, 1.82) is 0 Å². The zero-order valence-electron chi connectivity index (χ0n) is 8.00. The van der Waals surface area contributed by atoms with Gasteiger partial charge in [-0.25, -0.2) is 4.98 Å². The second kappa shape index (κ2) is 4.11. The second-order valence-corrected chi connectivity index (χ2v) is 3.95. The Kier molecular flexibility index (Phi) is 2.84. The van der Waals surface area contributed by atoms with Crippen LogP contribution in [0.15, 0.2) is 29.0 Å². The minimum Gasteiger partial charge on any atom is -0.319 e. The molecule has 1 N–H and O–H groups in total. The van der Waals surface area contributed by atoms with Crippen LogP contribution in [0.3, 0.4) is 0 Å². The van der Waals surface area contributed by atoms with E-state index in [9.17, 15) is 0 Å². The topological polar surface area (TPSA) is 29.3 Å². The molecule has 4 heteroatoms. The molecular formula is C10H12BrN3. The number of hydrogen-bond donors (Lipinski definition) is 1. The lowest BCUT2D eigenvalue weighted by Crippen LogP contribution is -2.12. The number of rotatable bonds is 3. The quantitative estimate of drug-likeness (QED) is 0.847. The van der Waals surface area contributed by atoms with E-state index in [1.165, 1.54) is 0 Å². The van der Waals surface area contributed by atoms with E-state index < -0.39 is 0 Å². The van der Waals surface area contributed by atoms with Crippen LogP contribution in [0.1, 0.15) is 5.82 Å². The molecule has 0 saturated carbocycles. The van der Waals surface area contributed by atoms with E-state index in [4.69, 9.17) is 0 Å².